The Morgan fingerprint density at radius 2 is 2.21 bits per heavy atom. The van der Waals surface area contributed by atoms with Gasteiger partial charge in [-0.3, -0.25) is 0 Å². The number of methoxy groups -OCH3 is 1. The van der Waals surface area contributed by atoms with Crippen molar-refractivity contribution in [3.8, 4) is 0 Å². The van der Waals surface area contributed by atoms with Crippen molar-refractivity contribution < 1.29 is 22.7 Å². The third kappa shape index (κ3) is 4.43. The molecule has 0 aliphatic rings. The molecule has 0 saturated carbocycles. The quantitative estimate of drug-likeness (QED) is 0.618. The third-order valence-electron chi connectivity index (χ3n) is 2.44. The predicted octanol–water partition coefficient (Wildman–Crippen LogP) is 0.0836. The standard InChI is InChI=1S/C11H17FN2O4S/c1-18-7-8(4-5-15)14-19(16,17)9-2-3-10(12)11(13)6-9/h2-3,6,8,14-15H,4-5,7,13H2,1H3. The molecule has 0 radical (unpaired) electrons. The summed E-state index contributed by atoms with van der Waals surface area (Å²) >= 11 is 0. The van der Waals surface area contributed by atoms with Crippen LogP contribution in [0.1, 0.15) is 6.42 Å². The van der Waals surface area contributed by atoms with Gasteiger partial charge in [0.2, 0.25) is 10.0 Å². The van der Waals surface area contributed by atoms with Crippen LogP contribution < -0.4 is 10.5 Å². The number of ether oxygens (including phenoxy) is 1. The van der Waals surface area contributed by atoms with E-state index in [4.69, 9.17) is 15.6 Å². The van der Waals surface area contributed by atoms with Crippen LogP contribution in [0.2, 0.25) is 0 Å². The van der Waals surface area contributed by atoms with Crippen LogP contribution in [0.4, 0.5) is 10.1 Å². The van der Waals surface area contributed by atoms with Gasteiger partial charge in [0, 0.05) is 19.8 Å². The van der Waals surface area contributed by atoms with Gasteiger partial charge in [-0.25, -0.2) is 17.5 Å². The average Bonchev–Trinajstić information content (AvgIpc) is 2.32. The Kier molecular flexibility index (Phi) is 5.67. The van der Waals surface area contributed by atoms with E-state index in [1.165, 1.54) is 7.11 Å². The van der Waals surface area contributed by atoms with E-state index < -0.39 is 21.9 Å². The van der Waals surface area contributed by atoms with Crippen LogP contribution in [0, 0.1) is 5.82 Å². The molecule has 0 saturated heterocycles. The van der Waals surface area contributed by atoms with Crippen LogP contribution in [0.5, 0.6) is 0 Å². The predicted molar refractivity (Wildman–Crippen MR) is 68.5 cm³/mol. The topological polar surface area (TPSA) is 102 Å². The number of aliphatic hydroxyl groups is 1. The minimum atomic E-state index is -3.83. The Labute approximate surface area is 111 Å². The molecule has 1 unspecified atom stereocenters. The summed E-state index contributed by atoms with van der Waals surface area (Å²) in [7, 11) is -2.41. The van der Waals surface area contributed by atoms with E-state index in [1.807, 2.05) is 0 Å². The molecule has 0 heterocycles. The highest BCUT2D eigenvalue weighted by atomic mass is 32.2. The molecule has 6 nitrogen and oxygen atoms in total. The first-order valence-corrected chi connectivity index (χ1v) is 7.06. The summed E-state index contributed by atoms with van der Waals surface area (Å²) in [6, 6.07) is 2.59. The van der Waals surface area contributed by atoms with Gasteiger partial charge in [0.05, 0.1) is 17.2 Å². The fourth-order valence-electron chi connectivity index (χ4n) is 1.51. The van der Waals surface area contributed by atoms with Gasteiger partial charge in [-0.2, -0.15) is 0 Å². The largest absolute Gasteiger partial charge is 0.396 e. The average molecular weight is 292 g/mol. The molecule has 0 aliphatic carbocycles. The number of nitrogens with two attached hydrogens (primary N) is 1. The lowest BCUT2D eigenvalue weighted by molar-refractivity contribution is 0.158. The summed E-state index contributed by atoms with van der Waals surface area (Å²) in [5, 5.41) is 8.85. The normalized spacial score (nSPS) is 13.4. The number of hydrogen-bond acceptors (Lipinski definition) is 5. The molecule has 0 fully saturated rings. The van der Waals surface area contributed by atoms with E-state index in [1.54, 1.807) is 0 Å². The zero-order chi connectivity index (χ0) is 14.5. The number of aliphatic hydroxyl groups excluding tert-OH is 1. The first-order chi connectivity index (χ1) is 8.90. The van der Waals surface area contributed by atoms with E-state index in [2.05, 4.69) is 4.72 Å². The highest BCUT2D eigenvalue weighted by Gasteiger charge is 2.20. The second-order valence-corrected chi connectivity index (χ2v) is 5.68. The number of rotatable bonds is 7. The monoisotopic (exact) mass is 292 g/mol. The molecule has 1 atom stereocenters. The fraction of sp³-hybridized carbons (Fsp3) is 0.455. The van der Waals surface area contributed by atoms with Gasteiger partial charge < -0.3 is 15.6 Å². The summed E-state index contributed by atoms with van der Waals surface area (Å²) in [6.07, 6.45) is 0.212. The molecule has 0 amide bonds. The molecule has 108 valence electrons. The number of nitrogens with one attached hydrogen (secondary N) is 1. The lowest BCUT2D eigenvalue weighted by Crippen LogP contribution is -2.38. The molecular formula is C11H17FN2O4S. The third-order valence-corrected chi connectivity index (χ3v) is 3.96. The Balaban J connectivity index is 2.92. The van der Waals surface area contributed by atoms with Crippen LogP contribution in [-0.2, 0) is 14.8 Å². The maximum absolute atomic E-state index is 13.0. The van der Waals surface area contributed by atoms with E-state index in [-0.39, 0.29) is 30.2 Å². The molecular weight excluding hydrogens is 275 g/mol. The van der Waals surface area contributed by atoms with E-state index in [0.717, 1.165) is 18.2 Å². The molecule has 0 bridgehead atoms. The van der Waals surface area contributed by atoms with Crippen molar-refractivity contribution in [2.75, 3.05) is 26.1 Å². The zero-order valence-electron chi connectivity index (χ0n) is 10.5. The Bertz CT molecular complexity index is 515. The Morgan fingerprint density at radius 1 is 1.53 bits per heavy atom. The van der Waals surface area contributed by atoms with Gasteiger partial charge in [0.25, 0.3) is 0 Å². The van der Waals surface area contributed by atoms with Crippen molar-refractivity contribution in [3.63, 3.8) is 0 Å². The van der Waals surface area contributed by atoms with Gasteiger partial charge in [0.1, 0.15) is 5.82 Å². The molecule has 19 heavy (non-hydrogen) atoms. The van der Waals surface area contributed by atoms with Crippen molar-refractivity contribution >= 4 is 15.7 Å². The second-order valence-electron chi connectivity index (χ2n) is 3.97. The summed E-state index contributed by atoms with van der Waals surface area (Å²) in [5.41, 5.74) is 5.09. The molecule has 8 heteroatoms. The SMILES string of the molecule is COCC(CCO)NS(=O)(=O)c1ccc(F)c(N)c1. The number of hydrogen-bond donors (Lipinski definition) is 3. The summed E-state index contributed by atoms with van der Waals surface area (Å²) in [6.45, 7) is -0.0570. The Hall–Kier alpha value is -1.22. The smallest absolute Gasteiger partial charge is 0.240 e. The number of sulfonamides is 1. The molecule has 0 aliphatic heterocycles. The minimum Gasteiger partial charge on any atom is -0.396 e. The number of nitrogen functional groups attached to an aromatic ring is 1. The van der Waals surface area contributed by atoms with E-state index in [0.29, 0.717) is 0 Å². The summed E-state index contributed by atoms with van der Waals surface area (Å²) < 4.78 is 44.3. The maximum Gasteiger partial charge on any atom is 0.240 e. The fourth-order valence-corrected chi connectivity index (χ4v) is 2.80. The van der Waals surface area contributed by atoms with Gasteiger partial charge >= 0.3 is 0 Å². The number of halogens is 1. The van der Waals surface area contributed by atoms with Gasteiger partial charge in [-0.1, -0.05) is 0 Å². The van der Waals surface area contributed by atoms with Crippen molar-refractivity contribution in [2.24, 2.45) is 0 Å². The molecule has 0 spiro atoms. The van der Waals surface area contributed by atoms with Crippen molar-refractivity contribution in [3.05, 3.63) is 24.0 Å². The molecule has 4 N–H and O–H groups in total. The molecule has 1 rings (SSSR count). The summed E-state index contributed by atoms with van der Waals surface area (Å²) in [5.74, 6) is -0.678. The molecule has 0 aromatic heterocycles. The highest BCUT2D eigenvalue weighted by molar-refractivity contribution is 7.89. The lowest BCUT2D eigenvalue weighted by Gasteiger charge is -2.17. The van der Waals surface area contributed by atoms with Crippen LogP contribution >= 0.6 is 0 Å². The van der Waals surface area contributed by atoms with E-state index in [9.17, 15) is 12.8 Å². The molecule has 1 aromatic rings. The van der Waals surface area contributed by atoms with E-state index >= 15 is 0 Å². The highest BCUT2D eigenvalue weighted by Crippen LogP contribution is 2.17. The number of anilines is 1. The maximum atomic E-state index is 13.0. The van der Waals surface area contributed by atoms with Crippen LogP contribution in [0.3, 0.4) is 0 Å². The zero-order valence-corrected chi connectivity index (χ0v) is 11.3. The minimum absolute atomic E-state index is 0.121. The van der Waals surface area contributed by atoms with Crippen LogP contribution in [-0.4, -0.2) is 39.9 Å². The number of benzene rings is 1. The van der Waals surface area contributed by atoms with Gasteiger partial charge in [0.15, 0.2) is 0 Å². The van der Waals surface area contributed by atoms with Gasteiger partial charge in [-0.15, -0.1) is 0 Å². The first kappa shape index (κ1) is 15.8. The second kappa shape index (κ2) is 6.80. The van der Waals surface area contributed by atoms with Crippen molar-refractivity contribution in [1.29, 1.82) is 0 Å². The van der Waals surface area contributed by atoms with Crippen molar-refractivity contribution in [1.82, 2.24) is 4.72 Å². The summed E-state index contributed by atoms with van der Waals surface area (Å²) in [4.78, 5) is -0.134. The van der Waals surface area contributed by atoms with Crippen LogP contribution in [0.25, 0.3) is 0 Å². The Morgan fingerprint density at radius 3 is 2.74 bits per heavy atom. The first-order valence-electron chi connectivity index (χ1n) is 5.58. The molecule has 1 aromatic carbocycles. The van der Waals surface area contributed by atoms with Crippen LogP contribution in [0.15, 0.2) is 23.1 Å². The van der Waals surface area contributed by atoms with Crippen molar-refractivity contribution in [2.45, 2.75) is 17.4 Å². The van der Waals surface area contributed by atoms with Gasteiger partial charge in [-0.05, 0) is 24.6 Å². The lowest BCUT2D eigenvalue weighted by atomic mass is 10.2.